The summed E-state index contributed by atoms with van der Waals surface area (Å²) in [5.74, 6) is 0. The van der Waals surface area contributed by atoms with E-state index >= 15 is 0 Å². The monoisotopic (exact) mass is 559 g/mol. The van der Waals surface area contributed by atoms with Crippen molar-refractivity contribution in [3.8, 4) is 33.6 Å². The van der Waals surface area contributed by atoms with E-state index in [2.05, 4.69) is 136 Å². The van der Waals surface area contributed by atoms with Gasteiger partial charge < -0.3 is 4.42 Å². The largest absolute Gasteiger partial charge is 0.455 e. The summed E-state index contributed by atoms with van der Waals surface area (Å²) in [7, 11) is -0.591. The smallest absolute Gasteiger partial charge is 0.144 e. The summed E-state index contributed by atoms with van der Waals surface area (Å²) in [5, 5.41) is 7.96. The first kappa shape index (κ1) is 25.1. The first-order valence-electron chi connectivity index (χ1n) is 14.5. The van der Waals surface area contributed by atoms with Gasteiger partial charge in [0.1, 0.15) is 11.2 Å². The molecule has 8 rings (SSSR count). The Morgan fingerprint density at radius 1 is 0.548 bits per heavy atom. The molecule has 0 fully saturated rings. The standard InChI is InChI=1S/C39H30NOP/c1-39(2,3)42-36-22-10-8-16-28(36)30-18-12-20-32(38(30)42)34-24-26(25-13-5-4-6-14-25)23-33(40-34)31-19-11-17-29-27-15-7-9-21-35(27)41-37(29)31/h4-24H,1-3H3. The van der Waals surface area contributed by atoms with Crippen molar-refractivity contribution in [3.05, 3.63) is 127 Å². The predicted octanol–water partition coefficient (Wildman–Crippen LogP) is 12.0. The molecule has 0 aliphatic rings. The lowest BCUT2D eigenvalue weighted by atomic mass is 9.98. The van der Waals surface area contributed by atoms with Crippen molar-refractivity contribution < 1.29 is 4.42 Å². The quantitative estimate of drug-likeness (QED) is 0.215. The van der Waals surface area contributed by atoms with Crippen LogP contribution in [-0.2, 0) is 5.16 Å². The van der Waals surface area contributed by atoms with Gasteiger partial charge in [-0.15, -0.1) is 7.53 Å². The zero-order chi connectivity index (χ0) is 28.4. The predicted molar refractivity (Wildman–Crippen MR) is 181 cm³/mol. The van der Waals surface area contributed by atoms with Crippen LogP contribution in [0.4, 0.5) is 0 Å². The molecule has 3 aromatic heterocycles. The summed E-state index contributed by atoms with van der Waals surface area (Å²) in [6.45, 7) is 7.13. The number of benzene rings is 5. The van der Waals surface area contributed by atoms with E-state index in [-0.39, 0.29) is 5.16 Å². The number of hydrogen-bond acceptors (Lipinski definition) is 2. The molecule has 0 radical (unpaired) electrons. The molecule has 5 aromatic carbocycles. The molecule has 0 aliphatic carbocycles. The molecule has 0 N–H and O–H groups in total. The number of hydrogen-bond donors (Lipinski definition) is 0. The van der Waals surface area contributed by atoms with Crippen LogP contribution in [0.25, 0.3) is 76.6 Å². The highest BCUT2D eigenvalue weighted by atomic mass is 31.1. The first-order valence-corrected chi connectivity index (χ1v) is 15.8. The average molecular weight is 560 g/mol. The minimum Gasteiger partial charge on any atom is -0.455 e. The van der Waals surface area contributed by atoms with Gasteiger partial charge >= 0.3 is 0 Å². The van der Waals surface area contributed by atoms with Crippen LogP contribution in [0.2, 0.25) is 0 Å². The second kappa shape index (κ2) is 9.44. The van der Waals surface area contributed by atoms with Crippen LogP contribution < -0.4 is 0 Å². The second-order valence-corrected chi connectivity index (χ2v) is 14.9. The van der Waals surface area contributed by atoms with Crippen LogP contribution in [0.5, 0.6) is 0 Å². The summed E-state index contributed by atoms with van der Waals surface area (Å²) in [5.41, 5.74) is 8.26. The van der Waals surface area contributed by atoms with Gasteiger partial charge in [0.2, 0.25) is 0 Å². The number of para-hydroxylation sites is 2. The Kier molecular flexibility index (Phi) is 5.64. The summed E-state index contributed by atoms with van der Waals surface area (Å²) in [6.07, 6.45) is 0. The Hall–Kier alpha value is -4.65. The summed E-state index contributed by atoms with van der Waals surface area (Å²) < 4.78 is 6.47. The highest BCUT2D eigenvalue weighted by molar-refractivity contribution is 7.62. The van der Waals surface area contributed by atoms with Crippen LogP contribution in [-0.4, -0.2) is 4.98 Å². The third-order valence-electron chi connectivity index (χ3n) is 8.25. The lowest BCUT2D eigenvalue weighted by Gasteiger charge is -2.22. The first-order chi connectivity index (χ1) is 20.5. The SMILES string of the molecule is CC(C)(C)p1c2ccccc2c2cccc(-c3cc(-c4ccccc4)cc(-c4cccc5c4oc4ccccc45)n3)c21. The molecule has 0 saturated carbocycles. The Balaban J connectivity index is 1.46. The van der Waals surface area contributed by atoms with Gasteiger partial charge in [0.05, 0.1) is 11.4 Å². The lowest BCUT2D eigenvalue weighted by Crippen LogP contribution is -2.00. The van der Waals surface area contributed by atoms with Gasteiger partial charge in [-0.3, -0.25) is 0 Å². The van der Waals surface area contributed by atoms with Gasteiger partial charge in [0, 0.05) is 37.3 Å². The molecular formula is C39H30NOP. The number of rotatable bonds is 3. The fourth-order valence-corrected chi connectivity index (χ4v) is 9.65. The molecule has 0 saturated heterocycles. The van der Waals surface area contributed by atoms with E-state index in [1.54, 1.807) is 0 Å². The van der Waals surface area contributed by atoms with E-state index in [1.165, 1.54) is 32.1 Å². The zero-order valence-corrected chi connectivity index (χ0v) is 24.8. The summed E-state index contributed by atoms with van der Waals surface area (Å²) in [4.78, 5) is 5.43. The Morgan fingerprint density at radius 2 is 1.17 bits per heavy atom. The minimum absolute atomic E-state index is 0.104. The van der Waals surface area contributed by atoms with Gasteiger partial charge in [-0.1, -0.05) is 124 Å². The van der Waals surface area contributed by atoms with Gasteiger partial charge in [-0.2, -0.15) is 0 Å². The van der Waals surface area contributed by atoms with Crippen LogP contribution in [0.1, 0.15) is 20.8 Å². The molecule has 3 heterocycles. The van der Waals surface area contributed by atoms with Crippen LogP contribution in [0, 0.1) is 0 Å². The highest BCUT2D eigenvalue weighted by Crippen LogP contribution is 2.60. The molecular weight excluding hydrogens is 529 g/mol. The molecule has 0 spiro atoms. The van der Waals surface area contributed by atoms with Gasteiger partial charge in [-0.25, -0.2) is 4.98 Å². The maximum atomic E-state index is 6.47. The molecule has 202 valence electrons. The van der Waals surface area contributed by atoms with E-state index in [0.29, 0.717) is 0 Å². The third-order valence-corrected chi connectivity index (χ3v) is 11.4. The number of pyridine rings is 1. The van der Waals surface area contributed by atoms with Crippen molar-refractivity contribution in [2.75, 3.05) is 0 Å². The van der Waals surface area contributed by atoms with Crippen molar-refractivity contribution >= 4 is 50.5 Å². The Bertz CT molecular complexity index is 2280. The molecule has 2 nitrogen and oxygen atoms in total. The Morgan fingerprint density at radius 3 is 1.95 bits per heavy atom. The number of fused-ring (bicyclic) bond motifs is 6. The van der Waals surface area contributed by atoms with Crippen LogP contribution in [0.15, 0.2) is 132 Å². The zero-order valence-electron chi connectivity index (χ0n) is 23.9. The van der Waals surface area contributed by atoms with E-state index < -0.39 is 7.53 Å². The molecule has 1 unspecified atom stereocenters. The molecule has 0 bridgehead atoms. The van der Waals surface area contributed by atoms with Crippen molar-refractivity contribution in [1.29, 1.82) is 0 Å². The second-order valence-electron chi connectivity index (χ2n) is 12.0. The summed E-state index contributed by atoms with van der Waals surface area (Å²) >= 11 is 0. The van der Waals surface area contributed by atoms with E-state index in [9.17, 15) is 0 Å². The van der Waals surface area contributed by atoms with Gasteiger partial charge in [-0.05, 0) is 46.2 Å². The topological polar surface area (TPSA) is 26.0 Å². The summed E-state index contributed by atoms with van der Waals surface area (Å²) in [6, 6.07) is 45.5. The molecule has 8 aromatic rings. The maximum Gasteiger partial charge on any atom is 0.144 e. The van der Waals surface area contributed by atoms with Crippen molar-refractivity contribution in [1.82, 2.24) is 4.98 Å². The van der Waals surface area contributed by atoms with E-state index in [0.717, 1.165) is 44.5 Å². The van der Waals surface area contributed by atoms with Crippen LogP contribution >= 0.6 is 7.53 Å². The maximum absolute atomic E-state index is 6.47. The number of nitrogens with zero attached hydrogens (tertiary/aromatic N) is 1. The molecule has 3 heteroatoms. The van der Waals surface area contributed by atoms with E-state index in [1.807, 2.05) is 12.1 Å². The van der Waals surface area contributed by atoms with Gasteiger partial charge in [0.25, 0.3) is 0 Å². The van der Waals surface area contributed by atoms with E-state index in [4.69, 9.17) is 9.40 Å². The Labute approximate surface area is 246 Å². The highest BCUT2D eigenvalue weighted by Gasteiger charge is 2.25. The fraction of sp³-hybridized carbons (Fsp3) is 0.103. The van der Waals surface area contributed by atoms with Crippen molar-refractivity contribution in [3.63, 3.8) is 0 Å². The third kappa shape index (κ3) is 3.91. The number of furan rings is 1. The number of aromatic nitrogens is 1. The van der Waals surface area contributed by atoms with Gasteiger partial charge in [0.15, 0.2) is 0 Å². The van der Waals surface area contributed by atoms with Crippen LogP contribution in [0.3, 0.4) is 0 Å². The lowest BCUT2D eigenvalue weighted by molar-refractivity contribution is 0.670. The van der Waals surface area contributed by atoms with Crippen molar-refractivity contribution in [2.45, 2.75) is 25.9 Å². The molecule has 42 heavy (non-hydrogen) atoms. The molecule has 0 aliphatic heterocycles. The molecule has 0 amide bonds. The fourth-order valence-electron chi connectivity index (χ4n) is 6.47. The average Bonchev–Trinajstić information content (AvgIpc) is 3.57. The van der Waals surface area contributed by atoms with Crippen molar-refractivity contribution in [2.24, 2.45) is 0 Å². The minimum atomic E-state index is -0.591. The molecule has 1 atom stereocenters. The normalized spacial score (nSPS) is 12.6.